The molecule has 322 valence electrons. The molecule has 6 aromatic rings. The Hall–Kier alpha value is -6.15. The van der Waals surface area contributed by atoms with Crippen LogP contribution in [0.5, 0.6) is 0 Å². The van der Waals surface area contributed by atoms with E-state index in [-0.39, 0.29) is 25.0 Å². The molecule has 2 aliphatic rings. The predicted molar refractivity (Wildman–Crippen MR) is 250 cm³/mol. The number of hydrogen-bond acceptors (Lipinski definition) is 7. The van der Waals surface area contributed by atoms with Crippen LogP contribution in [0.25, 0.3) is 22.3 Å². The number of carbonyl (C=O) groups excluding carboxylic acids is 3. The third-order valence-electron chi connectivity index (χ3n) is 12.3. The number of ketones is 1. The normalized spacial score (nSPS) is 15.8. The molecule has 7 nitrogen and oxygen atoms in total. The maximum Gasteiger partial charge on any atom is 0.323 e. The first-order valence-electron chi connectivity index (χ1n) is 22.2. The van der Waals surface area contributed by atoms with E-state index in [9.17, 15) is 14.4 Å². The first-order valence-corrected chi connectivity index (χ1v) is 22.2. The second-order valence-electron chi connectivity index (χ2n) is 19.0. The van der Waals surface area contributed by atoms with E-state index in [0.717, 1.165) is 55.6 Å². The smallest absolute Gasteiger partial charge is 0.323 e. The van der Waals surface area contributed by atoms with Crippen LogP contribution in [-0.2, 0) is 34.9 Å². The fourth-order valence-corrected chi connectivity index (χ4v) is 9.70. The van der Waals surface area contributed by atoms with E-state index in [1.54, 1.807) is 0 Å². The van der Waals surface area contributed by atoms with E-state index in [2.05, 4.69) is 83.4 Å². The highest BCUT2D eigenvalue weighted by atomic mass is 16.6. The van der Waals surface area contributed by atoms with Gasteiger partial charge in [0, 0.05) is 12.3 Å². The van der Waals surface area contributed by atoms with Crippen molar-refractivity contribution in [3.05, 3.63) is 191 Å². The number of fused-ring (bicyclic) bond motifs is 6. The van der Waals surface area contributed by atoms with Crippen LogP contribution in [0.4, 0.5) is 0 Å². The highest BCUT2D eigenvalue weighted by Gasteiger charge is 2.49. The Morgan fingerprint density at radius 2 is 0.794 bits per heavy atom. The van der Waals surface area contributed by atoms with Gasteiger partial charge in [0.15, 0.2) is 0 Å². The minimum atomic E-state index is -0.913. The predicted octanol–water partition coefficient (Wildman–Crippen LogP) is 10.9. The highest BCUT2D eigenvalue weighted by Crippen LogP contribution is 2.53. The fraction of sp³-hybridized carbons (Fsp3) is 0.304. The van der Waals surface area contributed by atoms with Crippen molar-refractivity contribution in [2.24, 2.45) is 5.92 Å². The molecule has 0 saturated heterocycles. The van der Waals surface area contributed by atoms with Gasteiger partial charge in [0.2, 0.25) is 0 Å². The number of rotatable bonds is 14. The summed E-state index contributed by atoms with van der Waals surface area (Å²) in [5.74, 6) is -1.51. The summed E-state index contributed by atoms with van der Waals surface area (Å²) in [6, 6.07) is 51.8. The first-order chi connectivity index (χ1) is 30.1. The summed E-state index contributed by atoms with van der Waals surface area (Å²) in [7, 11) is 0. The van der Waals surface area contributed by atoms with E-state index in [4.69, 9.17) is 9.47 Å². The summed E-state index contributed by atoms with van der Waals surface area (Å²) in [5.41, 5.74) is 7.03. The summed E-state index contributed by atoms with van der Waals surface area (Å²) in [4.78, 5) is 43.5. The van der Waals surface area contributed by atoms with Crippen molar-refractivity contribution in [3.8, 4) is 22.3 Å². The van der Waals surface area contributed by atoms with Gasteiger partial charge in [-0.25, -0.2) is 0 Å². The van der Waals surface area contributed by atoms with Crippen molar-refractivity contribution in [2.45, 2.75) is 102 Å². The summed E-state index contributed by atoms with van der Waals surface area (Å²) < 4.78 is 12.2. The molecule has 0 fully saturated rings. The molecule has 6 aromatic carbocycles. The van der Waals surface area contributed by atoms with Crippen LogP contribution in [0.2, 0.25) is 0 Å². The van der Waals surface area contributed by atoms with Crippen molar-refractivity contribution in [1.29, 1.82) is 0 Å². The Morgan fingerprint density at radius 3 is 1.16 bits per heavy atom. The van der Waals surface area contributed by atoms with Gasteiger partial charge in [0.1, 0.15) is 29.1 Å². The molecule has 63 heavy (non-hydrogen) atoms. The lowest BCUT2D eigenvalue weighted by atomic mass is 9.79. The average Bonchev–Trinajstić information content (AvgIpc) is 3.72. The number of hydrogen-bond donors (Lipinski definition) is 2. The summed E-state index contributed by atoms with van der Waals surface area (Å²) in [6.45, 7) is 13.0. The maximum atomic E-state index is 14.6. The molecule has 0 aliphatic heterocycles. The zero-order valence-corrected chi connectivity index (χ0v) is 37.4. The first kappa shape index (κ1) is 43.5. The lowest BCUT2D eigenvalue weighted by molar-refractivity contribution is -0.159. The Kier molecular flexibility index (Phi) is 11.9. The van der Waals surface area contributed by atoms with Crippen LogP contribution in [0.3, 0.4) is 0 Å². The standard InChI is InChI=1S/C56H58N2O5/c1-37(36-49(52(61)63-54(5,6)7)58-56(39-24-12-9-13-25-39)46-32-20-16-28-42(46)43-29-17-21-33-47(43)56)50(59)35-34-48(51(60)62-53(2,3)4)57-55(38-22-10-8-11-23-38)44-30-18-14-26-40(44)41-27-15-19-31-45(41)55/h8-33,37,48-49,57-58H,34-36H2,1-7H3/t37-,48-,49-/m0/s1. The lowest BCUT2D eigenvalue weighted by Gasteiger charge is -2.38. The van der Waals surface area contributed by atoms with Crippen molar-refractivity contribution in [3.63, 3.8) is 0 Å². The summed E-state index contributed by atoms with van der Waals surface area (Å²) in [5, 5.41) is 7.69. The van der Waals surface area contributed by atoms with E-state index in [1.165, 1.54) is 0 Å². The van der Waals surface area contributed by atoms with Crippen LogP contribution >= 0.6 is 0 Å². The minimum Gasteiger partial charge on any atom is -0.459 e. The molecule has 0 spiro atoms. The average molecular weight is 839 g/mol. The fourth-order valence-electron chi connectivity index (χ4n) is 9.70. The highest BCUT2D eigenvalue weighted by molar-refractivity contribution is 5.87. The van der Waals surface area contributed by atoms with Gasteiger partial charge in [0.25, 0.3) is 0 Å². The van der Waals surface area contributed by atoms with Crippen LogP contribution in [0.15, 0.2) is 158 Å². The van der Waals surface area contributed by atoms with Gasteiger partial charge in [-0.1, -0.05) is 165 Å². The molecule has 0 aromatic heterocycles. The minimum absolute atomic E-state index is 0.0670. The Labute approximate surface area is 372 Å². The Bertz CT molecular complexity index is 2530. The topological polar surface area (TPSA) is 93.7 Å². The van der Waals surface area contributed by atoms with Crippen molar-refractivity contribution >= 4 is 17.7 Å². The second kappa shape index (κ2) is 17.2. The van der Waals surface area contributed by atoms with Crippen molar-refractivity contribution in [1.82, 2.24) is 10.6 Å². The van der Waals surface area contributed by atoms with E-state index in [0.29, 0.717) is 0 Å². The van der Waals surface area contributed by atoms with Gasteiger partial charge >= 0.3 is 11.9 Å². The van der Waals surface area contributed by atoms with E-state index < -0.39 is 52.2 Å². The third kappa shape index (κ3) is 8.40. The number of ether oxygens (including phenoxy) is 2. The summed E-state index contributed by atoms with van der Waals surface area (Å²) in [6.07, 6.45) is 0.422. The zero-order valence-electron chi connectivity index (χ0n) is 37.4. The largest absolute Gasteiger partial charge is 0.459 e. The third-order valence-corrected chi connectivity index (χ3v) is 12.3. The Morgan fingerprint density at radius 1 is 0.476 bits per heavy atom. The van der Waals surface area contributed by atoms with Gasteiger partial charge in [-0.2, -0.15) is 0 Å². The molecule has 8 rings (SSSR count). The molecule has 7 heteroatoms. The molecule has 0 amide bonds. The van der Waals surface area contributed by atoms with Crippen molar-refractivity contribution in [2.75, 3.05) is 0 Å². The van der Waals surface area contributed by atoms with Crippen LogP contribution in [0.1, 0.15) is 101 Å². The zero-order chi connectivity index (χ0) is 44.6. The quantitative estimate of drug-likeness (QED) is 0.106. The molecule has 0 heterocycles. The number of benzene rings is 6. The van der Waals surface area contributed by atoms with Crippen LogP contribution in [0, 0.1) is 5.92 Å². The molecule has 0 saturated carbocycles. The SMILES string of the molecule is C[C@@H](C[C@H](NC1(c2ccccc2)c2ccccc2-c2ccccc21)C(=O)OC(C)(C)C)C(=O)CC[C@H](NC1(c2ccccc2)c2ccccc2-c2ccccc21)C(=O)OC(C)(C)C. The lowest BCUT2D eigenvalue weighted by Crippen LogP contribution is -2.54. The van der Waals surface area contributed by atoms with Crippen LogP contribution < -0.4 is 10.6 Å². The van der Waals surface area contributed by atoms with Gasteiger partial charge in [-0.3, -0.25) is 25.0 Å². The summed E-state index contributed by atoms with van der Waals surface area (Å²) >= 11 is 0. The van der Waals surface area contributed by atoms with E-state index in [1.807, 2.05) is 133 Å². The number of Topliss-reactive ketones (excluding diaryl/α,β-unsaturated/α-hetero) is 1. The molecular formula is C56H58N2O5. The molecule has 3 atom stereocenters. The maximum absolute atomic E-state index is 14.6. The van der Waals surface area contributed by atoms with Gasteiger partial charge in [-0.05, 0) is 110 Å². The van der Waals surface area contributed by atoms with Gasteiger partial charge in [0.05, 0.1) is 11.1 Å². The molecular weight excluding hydrogens is 781 g/mol. The molecule has 0 radical (unpaired) electrons. The molecule has 0 unspecified atom stereocenters. The van der Waals surface area contributed by atoms with Crippen LogP contribution in [-0.4, -0.2) is 41.0 Å². The van der Waals surface area contributed by atoms with E-state index >= 15 is 0 Å². The van der Waals surface area contributed by atoms with Gasteiger partial charge in [-0.15, -0.1) is 0 Å². The van der Waals surface area contributed by atoms with Crippen molar-refractivity contribution < 1.29 is 23.9 Å². The monoisotopic (exact) mass is 838 g/mol. The number of carbonyl (C=O) groups is 3. The number of nitrogens with one attached hydrogen (secondary N) is 2. The molecule has 2 N–H and O–H groups in total. The second-order valence-corrected chi connectivity index (χ2v) is 19.0. The molecule has 0 bridgehead atoms. The van der Waals surface area contributed by atoms with Gasteiger partial charge < -0.3 is 9.47 Å². The Balaban J connectivity index is 1.13. The number of esters is 2. The molecule has 2 aliphatic carbocycles.